The second kappa shape index (κ2) is 7.24. The fourth-order valence-electron chi connectivity index (χ4n) is 1.35. The summed E-state index contributed by atoms with van der Waals surface area (Å²) in [5.74, 6) is -0.190. The van der Waals surface area contributed by atoms with E-state index in [2.05, 4.69) is 6.07 Å². The van der Waals surface area contributed by atoms with Crippen LogP contribution in [0.25, 0.3) is 0 Å². The van der Waals surface area contributed by atoms with E-state index in [1.807, 2.05) is 25.8 Å². The molecule has 0 fully saturated rings. The van der Waals surface area contributed by atoms with E-state index < -0.39 is 0 Å². The van der Waals surface area contributed by atoms with Crippen molar-refractivity contribution in [2.75, 3.05) is 26.7 Å². The molecule has 0 aromatic carbocycles. The topological polar surface area (TPSA) is 53.3 Å². The summed E-state index contributed by atoms with van der Waals surface area (Å²) in [5.41, 5.74) is -0.273. The number of carbonyl (C=O) groups excluding carboxylic acids is 1. The smallest absolute Gasteiger partial charge is 0.320 e. The fraction of sp³-hybridized carbons (Fsp3) is 0.833. The van der Waals surface area contributed by atoms with Crippen molar-refractivity contribution < 1.29 is 9.53 Å². The average molecular weight is 226 g/mol. The number of nitriles is 1. The molecule has 0 aromatic heterocycles. The molecule has 0 N–H and O–H groups in total. The Hall–Kier alpha value is -1.08. The maximum atomic E-state index is 11.2. The SMILES string of the molecule is CCOC(=O)CN(C)CCCC(C)(C)C#N. The first kappa shape index (κ1) is 14.9. The standard InChI is InChI=1S/C12H22N2O2/c1-5-16-11(15)9-14(4)8-6-7-12(2,3)10-13/h5-9H2,1-4H3. The Kier molecular flexibility index (Phi) is 6.75. The van der Waals surface area contributed by atoms with Crippen molar-refractivity contribution in [1.82, 2.24) is 4.90 Å². The van der Waals surface area contributed by atoms with E-state index in [0.717, 1.165) is 19.4 Å². The lowest BCUT2D eigenvalue weighted by Gasteiger charge is -2.19. The number of rotatable bonds is 7. The molecule has 0 saturated carbocycles. The normalized spacial score (nSPS) is 11.2. The monoisotopic (exact) mass is 226 g/mol. The van der Waals surface area contributed by atoms with Crippen LogP contribution in [0.1, 0.15) is 33.6 Å². The Morgan fingerprint density at radius 1 is 1.50 bits per heavy atom. The van der Waals surface area contributed by atoms with E-state index in [0.29, 0.717) is 13.2 Å². The number of nitrogens with zero attached hydrogens (tertiary/aromatic N) is 2. The Labute approximate surface area is 98.2 Å². The third kappa shape index (κ3) is 7.24. The molecule has 0 heterocycles. The molecule has 92 valence electrons. The van der Waals surface area contributed by atoms with E-state index in [1.54, 1.807) is 6.92 Å². The largest absolute Gasteiger partial charge is 0.465 e. The molecule has 0 spiro atoms. The highest BCUT2D eigenvalue weighted by Gasteiger charge is 2.16. The number of likely N-dealkylation sites (N-methyl/N-ethyl adjacent to an activating group) is 1. The van der Waals surface area contributed by atoms with E-state index in [-0.39, 0.29) is 11.4 Å². The highest BCUT2D eigenvalue weighted by atomic mass is 16.5. The zero-order valence-electron chi connectivity index (χ0n) is 10.7. The minimum atomic E-state index is -0.273. The van der Waals surface area contributed by atoms with Crippen LogP contribution in [0, 0.1) is 16.7 Å². The summed E-state index contributed by atoms with van der Waals surface area (Å²) in [5, 5.41) is 8.84. The molecule has 4 nitrogen and oxygen atoms in total. The molecule has 0 aliphatic heterocycles. The van der Waals surface area contributed by atoms with Gasteiger partial charge < -0.3 is 4.74 Å². The minimum absolute atomic E-state index is 0.190. The molecule has 0 aliphatic rings. The molecule has 0 rings (SSSR count). The molecule has 0 atom stereocenters. The summed E-state index contributed by atoms with van der Waals surface area (Å²) in [6.45, 7) is 7.21. The average Bonchev–Trinajstić information content (AvgIpc) is 2.17. The highest BCUT2D eigenvalue weighted by molar-refractivity contribution is 5.71. The summed E-state index contributed by atoms with van der Waals surface area (Å²) in [6, 6.07) is 2.27. The van der Waals surface area contributed by atoms with Crippen LogP contribution >= 0.6 is 0 Å². The molecular formula is C12H22N2O2. The van der Waals surface area contributed by atoms with Crippen molar-refractivity contribution in [2.45, 2.75) is 33.6 Å². The van der Waals surface area contributed by atoms with Crippen molar-refractivity contribution in [3.8, 4) is 6.07 Å². The molecule has 0 saturated heterocycles. The summed E-state index contributed by atoms with van der Waals surface area (Å²) in [7, 11) is 1.89. The Morgan fingerprint density at radius 2 is 2.12 bits per heavy atom. The van der Waals surface area contributed by atoms with Crippen molar-refractivity contribution in [1.29, 1.82) is 5.26 Å². The maximum absolute atomic E-state index is 11.2. The lowest BCUT2D eigenvalue weighted by molar-refractivity contribution is -0.144. The summed E-state index contributed by atoms with van der Waals surface area (Å²) < 4.78 is 4.85. The molecule has 4 heteroatoms. The van der Waals surface area contributed by atoms with Crippen molar-refractivity contribution in [3.05, 3.63) is 0 Å². The predicted octanol–water partition coefficient (Wildman–Crippen LogP) is 1.81. The predicted molar refractivity (Wildman–Crippen MR) is 62.8 cm³/mol. The number of hydrogen-bond acceptors (Lipinski definition) is 4. The second-order valence-electron chi connectivity index (χ2n) is 4.64. The Balaban J connectivity index is 3.71. The number of carbonyl (C=O) groups is 1. The fourth-order valence-corrected chi connectivity index (χ4v) is 1.35. The van der Waals surface area contributed by atoms with Gasteiger partial charge in [0.25, 0.3) is 0 Å². The highest BCUT2D eigenvalue weighted by Crippen LogP contribution is 2.20. The van der Waals surface area contributed by atoms with Gasteiger partial charge in [0, 0.05) is 0 Å². The van der Waals surface area contributed by atoms with Gasteiger partial charge in [-0.25, -0.2) is 0 Å². The summed E-state index contributed by atoms with van der Waals surface area (Å²) >= 11 is 0. The van der Waals surface area contributed by atoms with Gasteiger partial charge >= 0.3 is 5.97 Å². The van der Waals surface area contributed by atoms with E-state index in [9.17, 15) is 4.79 Å². The van der Waals surface area contributed by atoms with Crippen LogP contribution in [0.4, 0.5) is 0 Å². The molecule has 0 unspecified atom stereocenters. The molecule has 0 aromatic rings. The van der Waals surface area contributed by atoms with Crippen LogP contribution in [-0.2, 0) is 9.53 Å². The summed E-state index contributed by atoms with van der Waals surface area (Å²) in [6.07, 6.45) is 1.76. The van der Waals surface area contributed by atoms with Gasteiger partial charge in [0.2, 0.25) is 0 Å². The third-order valence-corrected chi connectivity index (χ3v) is 2.35. The van der Waals surface area contributed by atoms with Gasteiger partial charge in [0.15, 0.2) is 0 Å². The minimum Gasteiger partial charge on any atom is -0.465 e. The molecule has 16 heavy (non-hydrogen) atoms. The maximum Gasteiger partial charge on any atom is 0.320 e. The van der Waals surface area contributed by atoms with Gasteiger partial charge in [-0.1, -0.05) is 0 Å². The summed E-state index contributed by atoms with van der Waals surface area (Å²) in [4.78, 5) is 13.1. The molecule has 0 radical (unpaired) electrons. The van der Waals surface area contributed by atoms with Crippen molar-refractivity contribution in [3.63, 3.8) is 0 Å². The first-order valence-corrected chi connectivity index (χ1v) is 5.66. The lowest BCUT2D eigenvalue weighted by Crippen LogP contribution is -2.28. The Bertz CT molecular complexity index is 256. The zero-order valence-corrected chi connectivity index (χ0v) is 10.7. The van der Waals surface area contributed by atoms with Crippen LogP contribution in [0.2, 0.25) is 0 Å². The first-order chi connectivity index (χ1) is 7.41. The van der Waals surface area contributed by atoms with Gasteiger partial charge in [0.05, 0.1) is 24.6 Å². The number of hydrogen-bond donors (Lipinski definition) is 0. The van der Waals surface area contributed by atoms with Gasteiger partial charge in [-0.3, -0.25) is 9.69 Å². The number of esters is 1. The third-order valence-electron chi connectivity index (χ3n) is 2.35. The number of ether oxygens (including phenoxy) is 1. The first-order valence-electron chi connectivity index (χ1n) is 5.66. The molecule has 0 aliphatic carbocycles. The van der Waals surface area contributed by atoms with Gasteiger partial charge in [0.1, 0.15) is 0 Å². The Morgan fingerprint density at radius 3 is 2.62 bits per heavy atom. The quantitative estimate of drug-likeness (QED) is 0.621. The molecular weight excluding hydrogens is 204 g/mol. The van der Waals surface area contributed by atoms with Gasteiger partial charge in [-0.2, -0.15) is 5.26 Å². The van der Waals surface area contributed by atoms with Crippen LogP contribution in [0.15, 0.2) is 0 Å². The molecule has 0 bridgehead atoms. The van der Waals surface area contributed by atoms with Crippen molar-refractivity contribution >= 4 is 5.97 Å². The van der Waals surface area contributed by atoms with Crippen LogP contribution in [-0.4, -0.2) is 37.6 Å². The van der Waals surface area contributed by atoms with Crippen LogP contribution < -0.4 is 0 Å². The van der Waals surface area contributed by atoms with Gasteiger partial charge in [-0.05, 0) is 47.2 Å². The van der Waals surface area contributed by atoms with Crippen LogP contribution in [0.3, 0.4) is 0 Å². The zero-order chi connectivity index (χ0) is 12.6. The van der Waals surface area contributed by atoms with E-state index in [4.69, 9.17) is 10.00 Å². The van der Waals surface area contributed by atoms with E-state index >= 15 is 0 Å². The van der Waals surface area contributed by atoms with Crippen molar-refractivity contribution in [2.24, 2.45) is 5.41 Å². The molecule has 0 amide bonds. The lowest BCUT2D eigenvalue weighted by atomic mass is 9.90. The van der Waals surface area contributed by atoms with E-state index in [1.165, 1.54) is 0 Å². The van der Waals surface area contributed by atoms with Gasteiger partial charge in [-0.15, -0.1) is 0 Å². The van der Waals surface area contributed by atoms with Crippen LogP contribution in [0.5, 0.6) is 0 Å². The second-order valence-corrected chi connectivity index (χ2v) is 4.64.